The molecule has 20 heavy (non-hydrogen) atoms. The molecule has 1 aliphatic rings. The molecule has 1 aromatic heterocycles. The zero-order valence-corrected chi connectivity index (χ0v) is 11.6. The minimum atomic E-state index is -0.932. The van der Waals surface area contributed by atoms with E-state index in [1.54, 1.807) is 35.4 Å². The maximum Gasteiger partial charge on any atom is 0.306 e. The Morgan fingerprint density at radius 2 is 2.40 bits per heavy atom. The molecule has 0 saturated heterocycles. The summed E-state index contributed by atoms with van der Waals surface area (Å²) in [5.41, 5.74) is 1.27. The van der Waals surface area contributed by atoms with E-state index in [1.807, 2.05) is 0 Å². The van der Waals surface area contributed by atoms with Crippen LogP contribution < -0.4 is 0 Å². The summed E-state index contributed by atoms with van der Waals surface area (Å²) in [4.78, 5) is 15.0. The average Bonchev–Trinajstić information content (AvgIpc) is 2.86. The molecule has 2 atom stereocenters. The predicted molar refractivity (Wildman–Crippen MR) is 71.2 cm³/mol. The Hall–Kier alpha value is -1.95. The molecule has 0 amide bonds. The van der Waals surface area contributed by atoms with Crippen LogP contribution in [0.5, 0.6) is 0 Å². The molecule has 1 aromatic carbocycles. The Labute approximate surface area is 118 Å². The lowest BCUT2D eigenvalue weighted by molar-refractivity contribution is -0.137. The van der Waals surface area contributed by atoms with Gasteiger partial charge in [0.05, 0.1) is 17.9 Å². The predicted octanol–water partition coefficient (Wildman–Crippen LogP) is 1.97. The van der Waals surface area contributed by atoms with E-state index in [-0.39, 0.29) is 11.7 Å². The lowest BCUT2D eigenvalue weighted by Gasteiger charge is -2.08. The van der Waals surface area contributed by atoms with Gasteiger partial charge in [0.25, 0.3) is 0 Å². The molecular formula is C14H12FN2O2Si. The summed E-state index contributed by atoms with van der Waals surface area (Å²) in [5.74, 6) is -1.39. The standard InChI is InChI=1S/C14H12FN2O2Si/c15-12-5-9(11-6-14(11,20)13(18)19)1-2-10(12)7-17-4-3-16-8-17/h1-5,8,11H,6-7H2,(H,18,19)/t11-,14-/m1/s1. The molecular weight excluding hydrogens is 275 g/mol. The van der Waals surface area contributed by atoms with Gasteiger partial charge in [0.1, 0.15) is 5.82 Å². The number of carboxylic acid groups (broad SMARTS) is 1. The minimum absolute atomic E-state index is 0.173. The third kappa shape index (κ3) is 2.16. The first-order chi connectivity index (χ1) is 9.50. The van der Waals surface area contributed by atoms with Crippen molar-refractivity contribution in [1.82, 2.24) is 9.55 Å². The van der Waals surface area contributed by atoms with Crippen LogP contribution in [0.1, 0.15) is 23.5 Å². The lowest BCUT2D eigenvalue weighted by atomic mass is 10.1. The number of hydrogen-bond acceptors (Lipinski definition) is 2. The number of imidazole rings is 1. The van der Waals surface area contributed by atoms with Crippen molar-refractivity contribution in [2.45, 2.75) is 23.9 Å². The number of nitrogens with zero attached hydrogens (tertiary/aromatic N) is 2. The number of halogens is 1. The average molecular weight is 287 g/mol. The van der Waals surface area contributed by atoms with Crippen molar-refractivity contribution in [3.8, 4) is 0 Å². The minimum Gasteiger partial charge on any atom is -0.481 e. The van der Waals surface area contributed by atoms with Crippen LogP contribution in [0.3, 0.4) is 0 Å². The normalized spacial score (nSPS) is 24.6. The third-order valence-electron chi connectivity index (χ3n) is 3.73. The van der Waals surface area contributed by atoms with E-state index < -0.39 is 11.0 Å². The summed E-state index contributed by atoms with van der Waals surface area (Å²) < 4.78 is 15.9. The molecule has 3 radical (unpaired) electrons. The van der Waals surface area contributed by atoms with Crippen molar-refractivity contribution in [1.29, 1.82) is 0 Å². The van der Waals surface area contributed by atoms with Gasteiger partial charge in [-0.1, -0.05) is 12.1 Å². The van der Waals surface area contributed by atoms with Crippen LogP contribution in [0.4, 0.5) is 4.39 Å². The van der Waals surface area contributed by atoms with E-state index in [9.17, 15) is 9.18 Å². The molecule has 6 heteroatoms. The fourth-order valence-electron chi connectivity index (χ4n) is 2.39. The molecule has 0 spiro atoms. The summed E-state index contributed by atoms with van der Waals surface area (Å²) in [6.07, 6.45) is 5.52. The van der Waals surface area contributed by atoms with E-state index in [1.165, 1.54) is 6.07 Å². The lowest BCUT2D eigenvalue weighted by Crippen LogP contribution is -2.10. The molecule has 1 N–H and O–H groups in total. The van der Waals surface area contributed by atoms with Gasteiger partial charge in [0.2, 0.25) is 0 Å². The Morgan fingerprint density at radius 1 is 1.60 bits per heavy atom. The molecule has 0 aliphatic heterocycles. The quantitative estimate of drug-likeness (QED) is 0.875. The second-order valence-corrected chi connectivity index (χ2v) is 6.01. The second kappa shape index (κ2) is 4.55. The van der Waals surface area contributed by atoms with Crippen LogP contribution >= 0.6 is 0 Å². The number of hydrogen-bond donors (Lipinski definition) is 1. The molecule has 1 heterocycles. The summed E-state index contributed by atoms with van der Waals surface area (Å²) in [6.45, 7) is 0.411. The number of benzene rings is 1. The highest BCUT2D eigenvalue weighted by atomic mass is 28.1. The summed E-state index contributed by atoms with van der Waals surface area (Å²) >= 11 is 0. The monoisotopic (exact) mass is 287 g/mol. The molecule has 1 saturated carbocycles. The number of carbonyl (C=O) groups is 1. The van der Waals surface area contributed by atoms with Crippen molar-refractivity contribution in [2.24, 2.45) is 0 Å². The van der Waals surface area contributed by atoms with Gasteiger partial charge in [-0.15, -0.1) is 0 Å². The van der Waals surface area contributed by atoms with Gasteiger partial charge in [-0.05, 0) is 24.0 Å². The Bertz CT molecular complexity index is 659. The third-order valence-corrected chi connectivity index (χ3v) is 4.50. The molecule has 2 aromatic rings. The molecule has 1 aliphatic carbocycles. The first-order valence-electron chi connectivity index (χ1n) is 6.23. The van der Waals surface area contributed by atoms with Crippen molar-refractivity contribution in [2.75, 3.05) is 0 Å². The van der Waals surface area contributed by atoms with Crippen LogP contribution in [0.2, 0.25) is 5.04 Å². The summed E-state index contributed by atoms with van der Waals surface area (Å²) in [6, 6.07) is 4.93. The van der Waals surface area contributed by atoms with E-state index >= 15 is 0 Å². The van der Waals surface area contributed by atoms with E-state index in [2.05, 4.69) is 15.2 Å². The van der Waals surface area contributed by atoms with Crippen LogP contribution in [0.15, 0.2) is 36.9 Å². The van der Waals surface area contributed by atoms with Crippen molar-refractivity contribution >= 4 is 16.2 Å². The van der Waals surface area contributed by atoms with Gasteiger partial charge in [0.15, 0.2) is 0 Å². The van der Waals surface area contributed by atoms with Gasteiger partial charge in [0, 0.05) is 28.2 Å². The van der Waals surface area contributed by atoms with E-state index in [0.29, 0.717) is 24.1 Å². The summed E-state index contributed by atoms with van der Waals surface area (Å²) in [7, 11) is 3.27. The van der Waals surface area contributed by atoms with E-state index in [4.69, 9.17) is 5.11 Å². The zero-order chi connectivity index (χ0) is 14.3. The van der Waals surface area contributed by atoms with Gasteiger partial charge in [-0.3, -0.25) is 4.79 Å². The summed E-state index contributed by atoms with van der Waals surface area (Å²) in [5, 5.41) is 8.15. The Kier molecular flexibility index (Phi) is 2.97. The van der Waals surface area contributed by atoms with Gasteiger partial charge in [-0.25, -0.2) is 9.37 Å². The highest BCUT2D eigenvalue weighted by Crippen LogP contribution is 2.63. The van der Waals surface area contributed by atoms with Gasteiger partial charge >= 0.3 is 5.97 Å². The topological polar surface area (TPSA) is 55.1 Å². The van der Waals surface area contributed by atoms with Crippen LogP contribution in [0, 0.1) is 5.82 Å². The molecule has 0 unspecified atom stereocenters. The molecule has 1 fully saturated rings. The number of carboxylic acids is 1. The molecule has 101 valence electrons. The fraction of sp³-hybridized carbons (Fsp3) is 0.286. The Balaban J connectivity index is 1.80. The van der Waals surface area contributed by atoms with Crippen molar-refractivity contribution in [3.63, 3.8) is 0 Å². The number of rotatable bonds is 4. The first kappa shape index (κ1) is 13.0. The van der Waals surface area contributed by atoms with E-state index in [0.717, 1.165) is 0 Å². The zero-order valence-electron chi connectivity index (χ0n) is 10.6. The van der Waals surface area contributed by atoms with Crippen molar-refractivity contribution < 1.29 is 14.3 Å². The number of aromatic nitrogens is 2. The maximum atomic E-state index is 14.1. The van der Waals surface area contributed by atoms with Gasteiger partial charge in [-0.2, -0.15) is 0 Å². The first-order valence-corrected chi connectivity index (χ1v) is 6.73. The van der Waals surface area contributed by atoms with Crippen LogP contribution in [0.25, 0.3) is 0 Å². The van der Waals surface area contributed by atoms with Gasteiger partial charge < -0.3 is 9.67 Å². The molecule has 3 rings (SSSR count). The number of aliphatic carboxylic acids is 1. The SMILES string of the molecule is O=C(O)[C@@]1([Si])C[C@@H]1c1ccc(Cn2ccnc2)c(F)c1. The molecule has 4 nitrogen and oxygen atoms in total. The molecule has 0 bridgehead atoms. The van der Waals surface area contributed by atoms with Crippen molar-refractivity contribution in [3.05, 3.63) is 53.9 Å². The highest BCUT2D eigenvalue weighted by Gasteiger charge is 2.57. The maximum absolute atomic E-state index is 14.1. The largest absolute Gasteiger partial charge is 0.481 e. The fourth-order valence-corrected chi connectivity index (χ4v) is 2.76. The Morgan fingerprint density at radius 3 is 2.95 bits per heavy atom. The second-order valence-electron chi connectivity index (χ2n) is 5.12. The van der Waals surface area contributed by atoms with Crippen LogP contribution in [-0.2, 0) is 11.3 Å². The highest BCUT2D eigenvalue weighted by molar-refractivity contribution is 6.30. The smallest absolute Gasteiger partial charge is 0.306 e. The van der Waals surface area contributed by atoms with Crippen LogP contribution in [-0.4, -0.2) is 30.9 Å².